The number of nitrogens with zero attached hydrogens (tertiary/aromatic N) is 1. The van der Waals surface area contributed by atoms with Gasteiger partial charge in [-0.1, -0.05) is 0 Å². The molecule has 22 heavy (non-hydrogen) atoms. The van der Waals surface area contributed by atoms with Crippen molar-refractivity contribution in [1.29, 1.82) is 0 Å². The van der Waals surface area contributed by atoms with Gasteiger partial charge in [0, 0.05) is 18.7 Å². The maximum absolute atomic E-state index is 9.88. The molecule has 120 valence electrons. The Balaban J connectivity index is 1.89. The molecule has 0 amide bonds. The summed E-state index contributed by atoms with van der Waals surface area (Å²) in [5, 5.41) is 17.6. The van der Waals surface area contributed by atoms with Gasteiger partial charge in [-0.15, -0.1) is 0 Å². The number of ether oxygens (including phenoxy) is 2. The molecule has 0 aliphatic carbocycles. The fourth-order valence-electron chi connectivity index (χ4n) is 2.18. The van der Waals surface area contributed by atoms with Crippen molar-refractivity contribution in [2.24, 2.45) is 5.10 Å². The van der Waals surface area contributed by atoms with Gasteiger partial charge in [0.05, 0.1) is 18.9 Å². The highest BCUT2D eigenvalue weighted by Gasteiger charge is 2.15. The Labute approximate surface area is 135 Å². The lowest BCUT2D eigenvalue weighted by atomic mass is 10.1. The van der Waals surface area contributed by atoms with E-state index in [4.69, 9.17) is 21.7 Å². The van der Waals surface area contributed by atoms with Crippen LogP contribution in [0.15, 0.2) is 23.3 Å². The standard InChI is InChI=1S/C15H21N3O3S/c1-10(13-8-11(20-2)5-6-14(13)19)17-18-15(22)16-9-12-4-3-7-21-12/h5-6,8,12,19H,3-4,7,9H2,1-2H3,(H2,16,18,22)/b17-10+/t12-/m1/s1. The molecule has 2 rings (SSSR count). The van der Waals surface area contributed by atoms with Crippen molar-refractivity contribution < 1.29 is 14.6 Å². The number of rotatable bonds is 5. The monoisotopic (exact) mass is 323 g/mol. The molecule has 1 atom stereocenters. The summed E-state index contributed by atoms with van der Waals surface area (Å²) in [5.41, 5.74) is 3.97. The van der Waals surface area contributed by atoms with Crippen molar-refractivity contribution in [3.05, 3.63) is 23.8 Å². The molecule has 1 heterocycles. The van der Waals surface area contributed by atoms with E-state index in [0.717, 1.165) is 19.4 Å². The molecule has 0 unspecified atom stereocenters. The predicted molar refractivity (Wildman–Crippen MR) is 89.6 cm³/mol. The number of aromatic hydroxyl groups is 1. The van der Waals surface area contributed by atoms with Crippen molar-refractivity contribution in [3.8, 4) is 11.5 Å². The van der Waals surface area contributed by atoms with E-state index in [2.05, 4.69) is 15.8 Å². The van der Waals surface area contributed by atoms with Crippen LogP contribution < -0.4 is 15.5 Å². The van der Waals surface area contributed by atoms with Gasteiger partial charge in [0.1, 0.15) is 11.5 Å². The molecule has 0 radical (unpaired) electrons. The van der Waals surface area contributed by atoms with Crippen molar-refractivity contribution in [2.45, 2.75) is 25.9 Å². The molecule has 0 saturated carbocycles. The zero-order valence-electron chi connectivity index (χ0n) is 12.8. The number of phenols is 1. The van der Waals surface area contributed by atoms with E-state index in [-0.39, 0.29) is 11.9 Å². The van der Waals surface area contributed by atoms with Crippen LogP contribution in [0.4, 0.5) is 0 Å². The summed E-state index contributed by atoms with van der Waals surface area (Å²) in [5.74, 6) is 0.795. The number of hydrogen-bond donors (Lipinski definition) is 3. The summed E-state index contributed by atoms with van der Waals surface area (Å²) in [6, 6.07) is 4.98. The minimum Gasteiger partial charge on any atom is -0.507 e. The largest absolute Gasteiger partial charge is 0.507 e. The summed E-state index contributed by atoms with van der Waals surface area (Å²) in [4.78, 5) is 0. The molecule has 3 N–H and O–H groups in total. The number of hydrogen-bond acceptors (Lipinski definition) is 5. The van der Waals surface area contributed by atoms with E-state index < -0.39 is 0 Å². The molecule has 0 spiro atoms. The van der Waals surface area contributed by atoms with E-state index >= 15 is 0 Å². The van der Waals surface area contributed by atoms with Crippen molar-refractivity contribution in [2.75, 3.05) is 20.3 Å². The molecule has 1 aromatic rings. The Morgan fingerprint density at radius 3 is 3.05 bits per heavy atom. The van der Waals surface area contributed by atoms with Crippen LogP contribution in [0.2, 0.25) is 0 Å². The van der Waals surface area contributed by atoms with Gasteiger partial charge in [0.15, 0.2) is 5.11 Å². The van der Waals surface area contributed by atoms with Gasteiger partial charge in [-0.2, -0.15) is 5.10 Å². The van der Waals surface area contributed by atoms with Crippen molar-refractivity contribution in [1.82, 2.24) is 10.7 Å². The van der Waals surface area contributed by atoms with Gasteiger partial charge in [-0.25, -0.2) is 0 Å². The van der Waals surface area contributed by atoms with Crippen LogP contribution in [-0.4, -0.2) is 42.3 Å². The van der Waals surface area contributed by atoms with Gasteiger partial charge in [-0.05, 0) is 50.2 Å². The van der Waals surface area contributed by atoms with E-state index in [0.29, 0.717) is 28.7 Å². The SMILES string of the molecule is COc1ccc(O)c(/C(C)=N/NC(=S)NC[C@H]2CCCO2)c1. The fraction of sp³-hybridized carbons (Fsp3) is 0.467. The van der Waals surface area contributed by atoms with Gasteiger partial charge >= 0.3 is 0 Å². The van der Waals surface area contributed by atoms with Gasteiger partial charge in [-0.3, -0.25) is 5.43 Å². The van der Waals surface area contributed by atoms with Crippen LogP contribution in [0.25, 0.3) is 0 Å². The number of benzene rings is 1. The molecule has 1 aliphatic heterocycles. The average molecular weight is 323 g/mol. The molecule has 1 saturated heterocycles. The summed E-state index contributed by atoms with van der Waals surface area (Å²) in [7, 11) is 1.57. The average Bonchev–Trinajstić information content (AvgIpc) is 3.04. The van der Waals surface area contributed by atoms with E-state index in [1.165, 1.54) is 0 Å². The first-order valence-electron chi connectivity index (χ1n) is 7.17. The number of thiocarbonyl (C=S) groups is 1. The summed E-state index contributed by atoms with van der Waals surface area (Å²) < 4.78 is 10.6. The zero-order chi connectivity index (χ0) is 15.9. The lowest BCUT2D eigenvalue weighted by Gasteiger charge is -2.12. The Bertz CT molecular complexity index is 557. The molecule has 0 bridgehead atoms. The second-order valence-corrected chi connectivity index (χ2v) is 5.45. The predicted octanol–water partition coefficient (Wildman–Crippen LogP) is 1.77. The second kappa shape index (κ2) is 7.95. The van der Waals surface area contributed by atoms with Crippen LogP contribution in [-0.2, 0) is 4.74 Å². The number of methoxy groups -OCH3 is 1. The molecule has 6 nitrogen and oxygen atoms in total. The highest BCUT2D eigenvalue weighted by molar-refractivity contribution is 7.80. The van der Waals surface area contributed by atoms with E-state index in [1.54, 1.807) is 32.2 Å². The third-order valence-electron chi connectivity index (χ3n) is 3.43. The first-order valence-corrected chi connectivity index (χ1v) is 7.58. The highest BCUT2D eigenvalue weighted by Crippen LogP contribution is 2.23. The topological polar surface area (TPSA) is 75.1 Å². The molecule has 0 aromatic heterocycles. The van der Waals surface area contributed by atoms with Crippen LogP contribution in [0.3, 0.4) is 0 Å². The summed E-state index contributed by atoms with van der Waals surface area (Å²) in [6.45, 7) is 3.27. The van der Waals surface area contributed by atoms with Crippen LogP contribution >= 0.6 is 12.2 Å². The Kier molecular flexibility index (Phi) is 5.97. The normalized spacial score (nSPS) is 18.1. The van der Waals surface area contributed by atoms with Crippen molar-refractivity contribution in [3.63, 3.8) is 0 Å². The second-order valence-electron chi connectivity index (χ2n) is 5.04. The smallest absolute Gasteiger partial charge is 0.187 e. The minimum absolute atomic E-state index is 0.141. The van der Waals surface area contributed by atoms with Gasteiger partial charge in [0.2, 0.25) is 0 Å². The molecule has 1 aliphatic rings. The van der Waals surface area contributed by atoms with Crippen molar-refractivity contribution >= 4 is 23.0 Å². The molecular weight excluding hydrogens is 302 g/mol. The lowest BCUT2D eigenvalue weighted by molar-refractivity contribution is 0.114. The Morgan fingerprint density at radius 1 is 1.55 bits per heavy atom. The van der Waals surface area contributed by atoms with Crippen LogP contribution in [0.1, 0.15) is 25.3 Å². The highest BCUT2D eigenvalue weighted by atomic mass is 32.1. The molecular formula is C15H21N3O3S. The quantitative estimate of drug-likeness (QED) is 0.436. The number of nitrogens with one attached hydrogen (secondary N) is 2. The fourth-order valence-corrected chi connectivity index (χ4v) is 2.31. The van der Waals surface area contributed by atoms with Crippen LogP contribution in [0, 0.1) is 0 Å². The third kappa shape index (κ3) is 4.57. The van der Waals surface area contributed by atoms with E-state index in [1.807, 2.05) is 0 Å². The third-order valence-corrected chi connectivity index (χ3v) is 3.67. The van der Waals surface area contributed by atoms with Gasteiger partial charge < -0.3 is 19.9 Å². The molecule has 1 fully saturated rings. The first-order chi connectivity index (χ1) is 10.6. The van der Waals surface area contributed by atoms with Gasteiger partial charge in [0.25, 0.3) is 0 Å². The maximum atomic E-state index is 9.88. The lowest BCUT2D eigenvalue weighted by Crippen LogP contribution is -2.37. The van der Waals surface area contributed by atoms with Crippen LogP contribution in [0.5, 0.6) is 11.5 Å². The summed E-state index contributed by atoms with van der Waals surface area (Å²) in [6.07, 6.45) is 2.36. The molecule has 1 aromatic carbocycles. The van der Waals surface area contributed by atoms with E-state index in [9.17, 15) is 5.11 Å². The Hall–Kier alpha value is -1.86. The summed E-state index contributed by atoms with van der Waals surface area (Å²) >= 11 is 5.17. The number of hydrazone groups is 1. The molecule has 7 heteroatoms. The Morgan fingerprint density at radius 2 is 2.36 bits per heavy atom. The minimum atomic E-state index is 0.141. The maximum Gasteiger partial charge on any atom is 0.187 e. The zero-order valence-corrected chi connectivity index (χ0v) is 13.6. The number of phenolic OH excluding ortho intramolecular Hbond substituents is 1. The first kappa shape index (κ1) is 16.5.